The summed E-state index contributed by atoms with van der Waals surface area (Å²) in [6.45, 7) is 5.23. The van der Waals surface area contributed by atoms with Crippen LogP contribution in [0.1, 0.15) is 23.6 Å². The normalized spacial score (nSPS) is 10.7. The molecule has 2 rings (SSSR count). The van der Waals surface area contributed by atoms with Crippen molar-refractivity contribution in [1.29, 1.82) is 0 Å². The fourth-order valence-corrected chi connectivity index (χ4v) is 2.18. The van der Waals surface area contributed by atoms with Gasteiger partial charge in [0.25, 0.3) is 0 Å². The van der Waals surface area contributed by atoms with E-state index in [2.05, 4.69) is 0 Å². The topological polar surface area (TPSA) is 29.5 Å². The van der Waals surface area contributed by atoms with Crippen molar-refractivity contribution in [3.63, 3.8) is 0 Å². The fraction of sp³-hybridized carbons (Fsp3) is 0.250. The Labute approximate surface area is 138 Å². The maximum atomic E-state index is 12.2. The van der Waals surface area contributed by atoms with E-state index in [-0.39, 0.29) is 5.91 Å². The first-order chi connectivity index (χ1) is 11.1. The van der Waals surface area contributed by atoms with E-state index in [1.807, 2.05) is 68.5 Å². The lowest BCUT2D eigenvalue weighted by atomic mass is 10.1. The van der Waals surface area contributed by atoms with Gasteiger partial charge in [0.2, 0.25) is 5.91 Å². The van der Waals surface area contributed by atoms with Gasteiger partial charge in [-0.15, -0.1) is 0 Å². The molecule has 0 heterocycles. The summed E-state index contributed by atoms with van der Waals surface area (Å²) >= 11 is 0. The average Bonchev–Trinajstić information content (AvgIpc) is 2.56. The molecule has 23 heavy (non-hydrogen) atoms. The van der Waals surface area contributed by atoms with E-state index in [4.69, 9.17) is 4.74 Å². The van der Waals surface area contributed by atoms with Crippen molar-refractivity contribution in [3.05, 3.63) is 71.3 Å². The van der Waals surface area contributed by atoms with E-state index >= 15 is 0 Å². The lowest BCUT2D eigenvalue weighted by Gasteiger charge is -2.15. The number of hydrogen-bond donors (Lipinski definition) is 0. The highest BCUT2D eigenvalue weighted by molar-refractivity contribution is 5.91. The van der Waals surface area contributed by atoms with Gasteiger partial charge in [-0.05, 0) is 43.2 Å². The van der Waals surface area contributed by atoms with Crippen LogP contribution in [0.5, 0.6) is 5.75 Å². The molecule has 0 N–H and O–H groups in total. The molecule has 0 saturated carbocycles. The quantitative estimate of drug-likeness (QED) is 0.753. The van der Waals surface area contributed by atoms with Gasteiger partial charge in [-0.25, -0.2) is 0 Å². The average molecular weight is 309 g/mol. The molecule has 3 heteroatoms. The van der Waals surface area contributed by atoms with Crippen LogP contribution >= 0.6 is 0 Å². The number of likely N-dealkylation sites (N-methyl/N-ethyl adjacent to an activating group) is 1. The highest BCUT2D eigenvalue weighted by atomic mass is 16.5. The Hall–Kier alpha value is -2.55. The Balaban J connectivity index is 1.92. The molecular weight excluding hydrogens is 286 g/mol. The second kappa shape index (κ2) is 8.18. The van der Waals surface area contributed by atoms with Crippen LogP contribution in [0.25, 0.3) is 6.08 Å². The van der Waals surface area contributed by atoms with Gasteiger partial charge in [0.15, 0.2) is 0 Å². The number of ether oxygens (including phenoxy) is 1. The number of rotatable bonds is 6. The largest absolute Gasteiger partial charge is 0.494 e. The number of hydrogen-bond acceptors (Lipinski definition) is 2. The first-order valence-electron chi connectivity index (χ1n) is 7.80. The molecule has 0 bridgehead atoms. The van der Waals surface area contributed by atoms with Gasteiger partial charge in [-0.2, -0.15) is 0 Å². The Morgan fingerprint density at radius 1 is 1.09 bits per heavy atom. The zero-order valence-corrected chi connectivity index (χ0v) is 14.0. The number of benzene rings is 2. The summed E-state index contributed by atoms with van der Waals surface area (Å²) in [6, 6.07) is 15.9. The molecule has 0 aromatic heterocycles. The summed E-state index contributed by atoms with van der Waals surface area (Å²) in [5, 5.41) is 0. The standard InChI is InChI=1S/C20H23NO2/c1-4-23-19-12-9-18(10-13-19)15-21(3)20(22)14-11-17-7-5-16(2)6-8-17/h5-14H,4,15H2,1-3H3/b14-11+. The van der Waals surface area contributed by atoms with Gasteiger partial charge in [-0.1, -0.05) is 42.0 Å². The lowest BCUT2D eigenvalue weighted by molar-refractivity contribution is -0.125. The molecule has 0 fully saturated rings. The van der Waals surface area contributed by atoms with Crippen LogP contribution in [0.3, 0.4) is 0 Å². The van der Waals surface area contributed by atoms with E-state index < -0.39 is 0 Å². The maximum absolute atomic E-state index is 12.2. The van der Waals surface area contributed by atoms with Crippen LogP contribution in [-0.2, 0) is 11.3 Å². The molecule has 0 aliphatic rings. The van der Waals surface area contributed by atoms with Gasteiger partial charge in [-0.3, -0.25) is 4.79 Å². The zero-order valence-electron chi connectivity index (χ0n) is 14.0. The Morgan fingerprint density at radius 2 is 1.74 bits per heavy atom. The maximum Gasteiger partial charge on any atom is 0.246 e. The van der Waals surface area contributed by atoms with Crippen molar-refractivity contribution < 1.29 is 9.53 Å². The second-order valence-corrected chi connectivity index (χ2v) is 5.52. The van der Waals surface area contributed by atoms with Crippen LogP contribution < -0.4 is 4.74 Å². The predicted molar refractivity (Wildman–Crippen MR) is 94.3 cm³/mol. The molecule has 0 spiro atoms. The SMILES string of the molecule is CCOc1ccc(CN(C)C(=O)/C=C/c2ccc(C)cc2)cc1. The molecule has 0 aliphatic heterocycles. The Morgan fingerprint density at radius 3 is 2.35 bits per heavy atom. The summed E-state index contributed by atoms with van der Waals surface area (Å²) < 4.78 is 5.42. The van der Waals surface area contributed by atoms with Crippen LogP contribution in [-0.4, -0.2) is 24.5 Å². The van der Waals surface area contributed by atoms with Gasteiger partial charge >= 0.3 is 0 Å². The molecule has 0 unspecified atom stereocenters. The third kappa shape index (κ3) is 5.29. The van der Waals surface area contributed by atoms with Crippen molar-refractivity contribution in [2.45, 2.75) is 20.4 Å². The molecule has 0 aliphatic carbocycles. The summed E-state index contributed by atoms with van der Waals surface area (Å²) in [5.41, 5.74) is 3.31. The molecule has 2 aromatic carbocycles. The molecule has 0 atom stereocenters. The summed E-state index contributed by atoms with van der Waals surface area (Å²) in [6.07, 6.45) is 3.45. The van der Waals surface area contributed by atoms with E-state index in [0.29, 0.717) is 13.2 Å². The third-order valence-electron chi connectivity index (χ3n) is 3.53. The first-order valence-corrected chi connectivity index (χ1v) is 7.80. The highest BCUT2D eigenvalue weighted by Gasteiger charge is 2.06. The smallest absolute Gasteiger partial charge is 0.246 e. The molecule has 0 saturated heterocycles. The van der Waals surface area contributed by atoms with Crippen molar-refractivity contribution >= 4 is 12.0 Å². The predicted octanol–water partition coefficient (Wildman–Crippen LogP) is 4.07. The van der Waals surface area contributed by atoms with E-state index in [0.717, 1.165) is 16.9 Å². The molecule has 2 aromatic rings. The van der Waals surface area contributed by atoms with Crippen molar-refractivity contribution in [1.82, 2.24) is 4.90 Å². The van der Waals surface area contributed by atoms with Gasteiger partial charge in [0.1, 0.15) is 5.75 Å². The van der Waals surface area contributed by atoms with Crippen LogP contribution in [0, 0.1) is 6.92 Å². The minimum absolute atomic E-state index is 0.0144. The highest BCUT2D eigenvalue weighted by Crippen LogP contribution is 2.13. The lowest BCUT2D eigenvalue weighted by Crippen LogP contribution is -2.24. The summed E-state index contributed by atoms with van der Waals surface area (Å²) in [5.74, 6) is 0.837. The summed E-state index contributed by atoms with van der Waals surface area (Å²) in [4.78, 5) is 13.9. The summed E-state index contributed by atoms with van der Waals surface area (Å²) in [7, 11) is 1.80. The van der Waals surface area contributed by atoms with Crippen LogP contribution in [0.4, 0.5) is 0 Å². The fourth-order valence-electron chi connectivity index (χ4n) is 2.18. The number of aryl methyl sites for hydroxylation is 1. The number of nitrogens with zero attached hydrogens (tertiary/aromatic N) is 1. The second-order valence-electron chi connectivity index (χ2n) is 5.52. The minimum Gasteiger partial charge on any atom is -0.494 e. The molecule has 0 radical (unpaired) electrons. The Bertz CT molecular complexity index is 657. The monoisotopic (exact) mass is 309 g/mol. The van der Waals surface area contributed by atoms with Gasteiger partial charge in [0, 0.05) is 19.7 Å². The van der Waals surface area contributed by atoms with E-state index in [1.54, 1.807) is 18.0 Å². The van der Waals surface area contributed by atoms with Crippen LogP contribution in [0.2, 0.25) is 0 Å². The number of carbonyl (C=O) groups is 1. The molecular formula is C20H23NO2. The third-order valence-corrected chi connectivity index (χ3v) is 3.53. The van der Waals surface area contributed by atoms with Crippen LogP contribution in [0.15, 0.2) is 54.6 Å². The van der Waals surface area contributed by atoms with Gasteiger partial charge in [0.05, 0.1) is 6.61 Å². The number of amides is 1. The molecule has 1 amide bonds. The zero-order chi connectivity index (χ0) is 16.7. The van der Waals surface area contributed by atoms with E-state index in [1.165, 1.54) is 5.56 Å². The number of carbonyl (C=O) groups excluding carboxylic acids is 1. The molecule has 120 valence electrons. The van der Waals surface area contributed by atoms with Gasteiger partial charge < -0.3 is 9.64 Å². The van der Waals surface area contributed by atoms with Crippen molar-refractivity contribution in [3.8, 4) is 5.75 Å². The Kier molecular flexibility index (Phi) is 5.98. The molecule has 3 nitrogen and oxygen atoms in total. The van der Waals surface area contributed by atoms with E-state index in [9.17, 15) is 4.79 Å². The van der Waals surface area contributed by atoms with Crippen molar-refractivity contribution in [2.24, 2.45) is 0 Å². The minimum atomic E-state index is -0.0144. The first kappa shape index (κ1) is 16.8. The van der Waals surface area contributed by atoms with Crippen molar-refractivity contribution in [2.75, 3.05) is 13.7 Å².